The Kier molecular flexibility index (Phi) is 5.81. The topological polar surface area (TPSA) is 72.3 Å². The quantitative estimate of drug-likeness (QED) is 0.853. The largest absolute Gasteiger partial charge is 0.486 e. The maximum Gasteiger partial charge on any atom is 0.336 e. The number of hydrogen-bond donors (Lipinski definition) is 1. The van der Waals surface area contributed by atoms with Gasteiger partial charge in [-0.3, -0.25) is 0 Å². The van der Waals surface area contributed by atoms with Gasteiger partial charge in [-0.05, 0) is 30.9 Å². The van der Waals surface area contributed by atoms with Crippen LogP contribution in [-0.2, 0) is 6.61 Å². The molecule has 2 heterocycles. The van der Waals surface area contributed by atoms with Crippen molar-refractivity contribution in [1.82, 2.24) is 20.2 Å². The minimum Gasteiger partial charge on any atom is -0.486 e. The highest BCUT2D eigenvalue weighted by molar-refractivity contribution is 7.99. The molecule has 0 saturated heterocycles. The number of hydrogen-bond acceptors (Lipinski definition) is 5. The van der Waals surface area contributed by atoms with E-state index < -0.39 is 0 Å². The van der Waals surface area contributed by atoms with Crippen molar-refractivity contribution in [2.75, 3.05) is 23.9 Å². The van der Waals surface area contributed by atoms with Crippen LogP contribution in [0.3, 0.4) is 0 Å². The first-order chi connectivity index (χ1) is 13.3. The molecule has 0 radical (unpaired) electrons. The van der Waals surface area contributed by atoms with Crippen LogP contribution in [-0.4, -0.2) is 39.7 Å². The smallest absolute Gasteiger partial charge is 0.336 e. The molecular formula is C19H25N5O2S. The van der Waals surface area contributed by atoms with Crippen LogP contribution >= 0.6 is 11.8 Å². The van der Waals surface area contributed by atoms with Gasteiger partial charge in [0, 0.05) is 12.3 Å². The number of amides is 2. The fourth-order valence-corrected chi connectivity index (χ4v) is 4.48. The number of benzene rings is 1. The van der Waals surface area contributed by atoms with E-state index in [2.05, 4.69) is 15.5 Å². The van der Waals surface area contributed by atoms with Gasteiger partial charge in [-0.25, -0.2) is 14.5 Å². The maximum atomic E-state index is 12.8. The number of nitrogens with one attached hydrogen (secondary N) is 1. The average Bonchev–Trinajstić information content (AvgIpc) is 3.15. The first-order valence-electron chi connectivity index (χ1n) is 9.62. The van der Waals surface area contributed by atoms with Crippen molar-refractivity contribution in [2.24, 2.45) is 5.92 Å². The van der Waals surface area contributed by atoms with E-state index in [-0.39, 0.29) is 12.6 Å². The molecular weight excluding hydrogens is 362 g/mol. The second kappa shape index (κ2) is 8.65. The molecule has 0 unspecified atom stereocenters. The summed E-state index contributed by atoms with van der Waals surface area (Å²) in [5.74, 6) is 2.82. The van der Waals surface area contributed by atoms with E-state index in [4.69, 9.17) is 4.74 Å². The summed E-state index contributed by atoms with van der Waals surface area (Å²) >= 11 is 1.61. The molecule has 1 aliphatic heterocycles. The van der Waals surface area contributed by atoms with E-state index in [0.29, 0.717) is 18.3 Å². The molecule has 1 fully saturated rings. The van der Waals surface area contributed by atoms with Gasteiger partial charge in [-0.15, -0.1) is 10.2 Å². The summed E-state index contributed by atoms with van der Waals surface area (Å²) in [5.41, 5.74) is 0. The van der Waals surface area contributed by atoms with E-state index in [1.165, 1.54) is 32.1 Å². The number of rotatable bonds is 5. The van der Waals surface area contributed by atoms with Crippen LogP contribution < -0.4 is 15.1 Å². The van der Waals surface area contributed by atoms with Crippen molar-refractivity contribution in [2.45, 2.75) is 43.9 Å². The minimum atomic E-state index is -0.0807. The lowest BCUT2D eigenvalue weighted by Gasteiger charge is -2.30. The molecule has 2 aromatic rings. The van der Waals surface area contributed by atoms with Crippen molar-refractivity contribution in [3.63, 3.8) is 0 Å². The summed E-state index contributed by atoms with van der Waals surface area (Å²) in [6, 6.07) is 9.52. The molecule has 1 saturated carbocycles. The van der Waals surface area contributed by atoms with Crippen LogP contribution in [0.5, 0.6) is 5.75 Å². The van der Waals surface area contributed by atoms with E-state index in [0.717, 1.165) is 23.2 Å². The zero-order chi connectivity index (χ0) is 18.5. The summed E-state index contributed by atoms with van der Waals surface area (Å²) in [6.07, 6.45) is 6.30. The summed E-state index contributed by atoms with van der Waals surface area (Å²) in [4.78, 5) is 12.8. The number of carbonyl (C=O) groups excluding carboxylic acids is 1. The van der Waals surface area contributed by atoms with Crippen LogP contribution in [0.15, 0.2) is 35.5 Å². The lowest BCUT2D eigenvalue weighted by molar-refractivity contribution is 0.232. The monoisotopic (exact) mass is 387 g/mol. The maximum absolute atomic E-state index is 12.8. The number of fused-ring (bicyclic) bond motifs is 1. The molecule has 1 aromatic carbocycles. The van der Waals surface area contributed by atoms with Crippen molar-refractivity contribution >= 4 is 17.8 Å². The summed E-state index contributed by atoms with van der Waals surface area (Å²) < 4.78 is 7.61. The van der Waals surface area contributed by atoms with Gasteiger partial charge in [0.2, 0.25) is 5.16 Å². The van der Waals surface area contributed by atoms with Crippen LogP contribution in [0.25, 0.3) is 0 Å². The Morgan fingerprint density at radius 1 is 1.19 bits per heavy atom. The SMILES string of the molecule is O=C(NCC1CCCCC1)N1CCSc2nnc(COc3ccccc3)n21. The number of carbonyl (C=O) groups is 1. The van der Waals surface area contributed by atoms with Gasteiger partial charge in [0.25, 0.3) is 0 Å². The number of para-hydroxylation sites is 1. The van der Waals surface area contributed by atoms with Crippen LogP contribution in [0.4, 0.5) is 4.79 Å². The number of aromatic nitrogens is 3. The molecule has 1 N–H and O–H groups in total. The molecule has 0 spiro atoms. The molecule has 2 amide bonds. The van der Waals surface area contributed by atoms with Crippen molar-refractivity contribution in [3.05, 3.63) is 36.2 Å². The van der Waals surface area contributed by atoms with E-state index >= 15 is 0 Å². The third kappa shape index (κ3) is 4.37. The molecule has 2 aliphatic rings. The molecule has 0 bridgehead atoms. The highest BCUT2D eigenvalue weighted by Gasteiger charge is 2.28. The van der Waals surface area contributed by atoms with E-state index in [9.17, 15) is 4.79 Å². The van der Waals surface area contributed by atoms with Gasteiger partial charge in [0.15, 0.2) is 5.82 Å². The Morgan fingerprint density at radius 3 is 2.81 bits per heavy atom. The van der Waals surface area contributed by atoms with Crippen molar-refractivity contribution in [1.29, 1.82) is 0 Å². The Balaban J connectivity index is 1.42. The lowest BCUT2D eigenvalue weighted by atomic mass is 9.89. The Hall–Kier alpha value is -2.22. The Bertz CT molecular complexity index is 761. The number of thioether (sulfide) groups is 1. The van der Waals surface area contributed by atoms with Crippen molar-refractivity contribution < 1.29 is 9.53 Å². The third-order valence-electron chi connectivity index (χ3n) is 5.06. The lowest BCUT2D eigenvalue weighted by Crippen LogP contribution is -2.51. The fraction of sp³-hybridized carbons (Fsp3) is 0.526. The minimum absolute atomic E-state index is 0.0807. The Morgan fingerprint density at radius 2 is 2.00 bits per heavy atom. The van der Waals surface area contributed by atoms with Crippen LogP contribution in [0, 0.1) is 5.92 Å². The standard InChI is InChI=1S/C19H25N5O2S/c25-18(20-13-15-7-3-1-4-8-15)23-11-12-27-19-22-21-17(24(19)23)14-26-16-9-5-2-6-10-16/h2,5-6,9-10,15H,1,3-4,7-8,11-14H2,(H,20,25). The highest BCUT2D eigenvalue weighted by atomic mass is 32.2. The van der Waals surface area contributed by atoms with Gasteiger partial charge >= 0.3 is 6.03 Å². The van der Waals surface area contributed by atoms with Gasteiger partial charge in [-0.2, -0.15) is 0 Å². The van der Waals surface area contributed by atoms with E-state index in [1.807, 2.05) is 30.3 Å². The third-order valence-corrected chi connectivity index (χ3v) is 5.96. The number of nitrogens with zero attached hydrogens (tertiary/aromatic N) is 4. The molecule has 8 heteroatoms. The summed E-state index contributed by atoms with van der Waals surface area (Å²) in [7, 11) is 0. The molecule has 4 rings (SSSR count). The summed E-state index contributed by atoms with van der Waals surface area (Å²) in [6.45, 7) is 1.64. The van der Waals surface area contributed by atoms with Crippen molar-refractivity contribution in [3.8, 4) is 5.75 Å². The second-order valence-corrected chi connectivity index (χ2v) is 8.04. The molecule has 0 atom stereocenters. The molecule has 1 aromatic heterocycles. The van der Waals surface area contributed by atoms with Crippen LogP contribution in [0.1, 0.15) is 37.9 Å². The average molecular weight is 388 g/mol. The molecule has 7 nitrogen and oxygen atoms in total. The van der Waals surface area contributed by atoms with Crippen LogP contribution in [0.2, 0.25) is 0 Å². The molecule has 1 aliphatic carbocycles. The number of urea groups is 1. The van der Waals surface area contributed by atoms with Gasteiger partial charge in [0.1, 0.15) is 12.4 Å². The number of ether oxygens (including phenoxy) is 1. The molecule has 27 heavy (non-hydrogen) atoms. The predicted octanol–water partition coefficient (Wildman–Crippen LogP) is 3.19. The second-order valence-electron chi connectivity index (χ2n) is 6.97. The predicted molar refractivity (Wildman–Crippen MR) is 105 cm³/mol. The Labute approximate surface area is 163 Å². The van der Waals surface area contributed by atoms with Gasteiger partial charge in [-0.1, -0.05) is 49.2 Å². The fourth-order valence-electron chi connectivity index (χ4n) is 3.61. The van der Waals surface area contributed by atoms with Gasteiger partial charge < -0.3 is 10.1 Å². The van der Waals surface area contributed by atoms with E-state index in [1.54, 1.807) is 21.4 Å². The molecule has 144 valence electrons. The highest BCUT2D eigenvalue weighted by Crippen LogP contribution is 2.24. The first kappa shape index (κ1) is 18.2. The van der Waals surface area contributed by atoms with Gasteiger partial charge in [0.05, 0.1) is 6.54 Å². The normalized spacial score (nSPS) is 17.4. The zero-order valence-electron chi connectivity index (χ0n) is 15.3. The zero-order valence-corrected chi connectivity index (χ0v) is 16.2. The first-order valence-corrected chi connectivity index (χ1v) is 10.6. The summed E-state index contributed by atoms with van der Waals surface area (Å²) in [5, 5.41) is 14.0.